The van der Waals surface area contributed by atoms with E-state index in [1.807, 2.05) is 13.8 Å². The van der Waals surface area contributed by atoms with Crippen LogP contribution in [0.1, 0.15) is 13.8 Å². The highest BCUT2D eigenvalue weighted by molar-refractivity contribution is 6.26. The van der Waals surface area contributed by atoms with Crippen molar-refractivity contribution in [1.82, 2.24) is 0 Å². The van der Waals surface area contributed by atoms with E-state index in [0.717, 1.165) is 13.1 Å². The Morgan fingerprint density at radius 2 is 0.895 bits per heavy atom. The zero-order valence-corrected chi connectivity index (χ0v) is 10.7. The van der Waals surface area contributed by atoms with Gasteiger partial charge in [-0.3, -0.25) is 0 Å². The maximum Gasteiger partial charge on any atom is 0.351 e. The third-order valence-electron chi connectivity index (χ3n) is 0.349. The van der Waals surface area contributed by atoms with Gasteiger partial charge in [0.15, 0.2) is 11.9 Å². The van der Waals surface area contributed by atoms with E-state index >= 15 is 0 Å². The van der Waals surface area contributed by atoms with Gasteiger partial charge in [0.25, 0.3) is 0 Å². The summed E-state index contributed by atoms with van der Waals surface area (Å²) in [6.45, 7) is 6.03. The molecule has 0 rings (SSSR count). The Labute approximate surface area is 108 Å². The average molecular weight is 288 g/mol. The van der Waals surface area contributed by atoms with E-state index < -0.39 is 23.9 Å². The fraction of sp³-hybridized carbons (Fsp3) is 0.500. The van der Waals surface area contributed by atoms with Crippen LogP contribution in [0.5, 0.6) is 0 Å². The fourth-order valence-corrected chi connectivity index (χ4v) is 0. The molecule has 10 N–H and O–H groups in total. The summed E-state index contributed by atoms with van der Waals surface area (Å²) in [6, 6.07) is 0. The number of carbonyl (C=O) groups is 4. The zero-order chi connectivity index (χ0) is 15.7. The molecule has 0 fully saturated rings. The van der Waals surface area contributed by atoms with Crippen molar-refractivity contribution in [3.8, 4) is 0 Å². The van der Waals surface area contributed by atoms with Gasteiger partial charge in [-0.05, 0) is 13.8 Å². The van der Waals surface area contributed by atoms with Crippen LogP contribution in [-0.4, -0.2) is 52.7 Å². The molecule has 0 aliphatic heterocycles. The largest absolute Gasteiger partial charge is 0.539 e. The van der Waals surface area contributed by atoms with Gasteiger partial charge >= 0.3 is 11.9 Å². The number of carboxylic acid groups (broad SMARTS) is 4. The Morgan fingerprint density at radius 3 is 0.895 bits per heavy atom. The van der Waals surface area contributed by atoms with Crippen molar-refractivity contribution in [2.75, 3.05) is 13.1 Å². The van der Waals surface area contributed by atoms with E-state index in [0.29, 0.717) is 0 Å². The molecule has 0 heterocycles. The quantitative estimate of drug-likeness (QED) is 0.311. The number of hydrogen-bond donors (Lipinski definition) is 4. The van der Waals surface area contributed by atoms with E-state index in [9.17, 15) is 0 Å². The third-order valence-corrected chi connectivity index (χ3v) is 0.349. The lowest BCUT2D eigenvalue weighted by atomic mass is 10.7. The molecule has 0 spiro atoms. The minimum absolute atomic E-state index is 0. The molecule has 19 heavy (non-hydrogen) atoms. The average Bonchev–Trinajstić information content (AvgIpc) is 2.20. The van der Waals surface area contributed by atoms with Crippen LogP contribution in [0.25, 0.3) is 0 Å². The molecule has 0 bridgehead atoms. The van der Waals surface area contributed by atoms with Gasteiger partial charge in [-0.15, -0.1) is 0 Å². The minimum atomic E-state index is -2.07. The Kier molecular flexibility index (Phi) is 39.3. The first kappa shape index (κ1) is 30.1. The summed E-state index contributed by atoms with van der Waals surface area (Å²) in [4.78, 5) is 36.1. The number of carbonyl (C=O) groups excluding carboxylic acids is 2. The van der Waals surface area contributed by atoms with Gasteiger partial charge < -0.3 is 47.0 Å². The van der Waals surface area contributed by atoms with Crippen LogP contribution in [0, 0.1) is 0 Å². The summed E-state index contributed by atoms with van der Waals surface area (Å²) in [7, 11) is 0. The first-order chi connectivity index (χ1) is 8.11. The summed E-state index contributed by atoms with van der Waals surface area (Å²) in [5.41, 5.74) is 6.97. The molecule has 116 valence electrons. The van der Waals surface area contributed by atoms with Gasteiger partial charge in [0.05, 0.1) is 13.1 Å². The predicted octanol–water partition coefficient (Wildman–Crippen LogP) is -6.69. The van der Waals surface area contributed by atoms with Gasteiger partial charge in [0, 0.05) is 0 Å². The Hall–Kier alpha value is -2.24. The lowest BCUT2D eigenvalue weighted by molar-refractivity contribution is -0.362. The standard InChI is InChI=1S/2C2H7N.2C2H2O4.H2O/c2*1-2-3;2*3-1(4)2(5)6;/h2*2-3H2,1H3;2*(H,3,4)(H,5,6);1H2. The highest BCUT2D eigenvalue weighted by Crippen LogP contribution is 1.50. The van der Waals surface area contributed by atoms with Crippen molar-refractivity contribution < 1.29 is 56.5 Å². The second kappa shape index (κ2) is 24.8. The molecular weight excluding hydrogens is 268 g/mol. The molecule has 0 aromatic heterocycles. The number of carboxylic acids is 4. The van der Waals surface area contributed by atoms with E-state index in [2.05, 4.69) is 11.5 Å². The van der Waals surface area contributed by atoms with E-state index in [4.69, 9.17) is 39.6 Å². The molecule has 11 nitrogen and oxygen atoms in total. The van der Waals surface area contributed by atoms with E-state index in [1.165, 1.54) is 0 Å². The topological polar surface area (TPSA) is 242 Å². The molecule has 0 unspecified atom stereocenters. The second-order valence-electron chi connectivity index (χ2n) is 2.19. The molecule has 0 aromatic carbocycles. The smallest absolute Gasteiger partial charge is 0.351 e. The number of hydrogen-bond acceptors (Lipinski definition) is 6. The lowest BCUT2D eigenvalue weighted by Gasteiger charge is -1.85. The first-order valence-corrected chi connectivity index (χ1v) is 4.59. The van der Waals surface area contributed by atoms with Gasteiger partial charge in [0.2, 0.25) is 0 Å². The maximum atomic E-state index is 9.04. The molecule has 0 radical (unpaired) electrons. The number of aliphatic carboxylic acids is 4. The molecule has 0 saturated heterocycles. The van der Waals surface area contributed by atoms with Crippen molar-refractivity contribution in [3.63, 3.8) is 0 Å². The van der Waals surface area contributed by atoms with Crippen LogP contribution >= 0.6 is 0 Å². The predicted molar refractivity (Wildman–Crippen MR) is 55.8 cm³/mol. The fourth-order valence-electron chi connectivity index (χ4n) is 0. The van der Waals surface area contributed by atoms with Crippen LogP contribution < -0.4 is 21.7 Å². The summed E-state index contributed by atoms with van der Waals surface area (Å²) in [6.07, 6.45) is 0. The van der Waals surface area contributed by atoms with Gasteiger partial charge in [-0.25, -0.2) is 9.59 Å². The molecule has 0 amide bonds. The summed E-state index contributed by atoms with van der Waals surface area (Å²) >= 11 is 0. The van der Waals surface area contributed by atoms with Crippen LogP contribution in [0.2, 0.25) is 0 Å². The highest BCUT2D eigenvalue weighted by Gasteiger charge is 1.90. The summed E-state index contributed by atoms with van der Waals surface area (Å²) < 4.78 is 0. The van der Waals surface area contributed by atoms with E-state index in [-0.39, 0.29) is 5.48 Å². The molecule has 0 aromatic rings. The maximum absolute atomic E-state index is 9.04. The van der Waals surface area contributed by atoms with Gasteiger partial charge in [-0.1, -0.05) is 0 Å². The third kappa shape index (κ3) is 89.9. The second-order valence-corrected chi connectivity index (χ2v) is 2.19. The highest BCUT2D eigenvalue weighted by atomic mass is 16.4. The van der Waals surface area contributed by atoms with E-state index in [1.54, 1.807) is 0 Å². The Balaban J connectivity index is -0.0000000476. The van der Waals surface area contributed by atoms with Crippen molar-refractivity contribution in [2.24, 2.45) is 0 Å². The van der Waals surface area contributed by atoms with Gasteiger partial charge in [-0.2, -0.15) is 0 Å². The van der Waals surface area contributed by atoms with Crippen molar-refractivity contribution in [3.05, 3.63) is 0 Å². The molecule has 0 aliphatic rings. The normalized spacial score (nSPS) is 6.53. The lowest BCUT2D eigenvalue weighted by Crippen LogP contribution is -2.48. The molecular formula is C8H20N2O9. The minimum Gasteiger partial charge on any atom is -0.539 e. The molecule has 0 aliphatic carbocycles. The SMILES string of the molecule is CC[NH3+].CC[NH3+].O.O=C([O-])C(=O)O.O=C([O-])C(=O)O. The summed E-state index contributed by atoms with van der Waals surface area (Å²) in [5, 5.41) is 32.6. The van der Waals surface area contributed by atoms with Crippen LogP contribution in [-0.2, 0) is 19.2 Å². The van der Waals surface area contributed by atoms with Crippen molar-refractivity contribution in [1.29, 1.82) is 0 Å². The van der Waals surface area contributed by atoms with Gasteiger partial charge in [0.1, 0.15) is 0 Å². The van der Waals surface area contributed by atoms with Crippen molar-refractivity contribution in [2.45, 2.75) is 13.8 Å². The first-order valence-electron chi connectivity index (χ1n) is 4.59. The van der Waals surface area contributed by atoms with Crippen LogP contribution in [0.4, 0.5) is 0 Å². The zero-order valence-electron chi connectivity index (χ0n) is 10.7. The molecule has 0 atom stereocenters. The summed E-state index contributed by atoms with van der Waals surface area (Å²) in [5.74, 6) is -8.02. The molecule has 0 saturated carbocycles. The molecule has 11 heteroatoms. The van der Waals surface area contributed by atoms with Crippen LogP contribution in [0.15, 0.2) is 0 Å². The Morgan fingerprint density at radius 1 is 0.842 bits per heavy atom. The van der Waals surface area contributed by atoms with Crippen LogP contribution in [0.3, 0.4) is 0 Å². The Bertz CT molecular complexity index is 205. The van der Waals surface area contributed by atoms with Crippen molar-refractivity contribution >= 4 is 23.9 Å². The number of quaternary nitrogens is 2. The number of rotatable bonds is 0. The monoisotopic (exact) mass is 288 g/mol.